The van der Waals surface area contributed by atoms with Crippen LogP contribution in [-0.2, 0) is 27.3 Å². The lowest BCUT2D eigenvalue weighted by atomic mass is 9.70. The smallest absolute Gasteiger partial charge is 0.257 e. The largest absolute Gasteiger partial charge is 0.374 e. The molecule has 3 atom stereocenters. The van der Waals surface area contributed by atoms with Crippen molar-refractivity contribution in [3.8, 4) is 0 Å². The average Bonchev–Trinajstić information content (AvgIpc) is 3.32. The highest BCUT2D eigenvalue weighted by Gasteiger charge is 2.62. The highest BCUT2D eigenvalue weighted by Crippen LogP contribution is 2.54. The van der Waals surface area contributed by atoms with Crippen molar-refractivity contribution in [3.63, 3.8) is 0 Å². The van der Waals surface area contributed by atoms with Crippen LogP contribution in [0, 0.1) is 22.7 Å². The fraction of sp³-hybridized carbons (Fsp3) is 0.486. The molecule has 1 aromatic heterocycles. The van der Waals surface area contributed by atoms with Crippen LogP contribution < -0.4 is 0 Å². The Labute approximate surface area is 258 Å². The topological polar surface area (TPSA) is 88.0 Å². The molecule has 4 heterocycles. The molecule has 1 spiro atoms. The van der Waals surface area contributed by atoms with Gasteiger partial charge in [0.25, 0.3) is 5.91 Å². The highest BCUT2D eigenvalue weighted by atomic mass is 16.5. The van der Waals surface area contributed by atoms with Gasteiger partial charge in [-0.1, -0.05) is 74.5 Å². The van der Waals surface area contributed by atoms with E-state index in [1.54, 1.807) is 17.1 Å². The molecule has 1 aliphatic carbocycles. The standard InChI is InChI=1S/C35H41N5O4/c1-34(2)16-29(34)32(42)39-23-35(24-39)22-38(31(41)27-17-36-40(19-27)18-26-11-7-4-8-12-26)21-30(35)33(43)37-13-14-44-28(20-37)15-25-9-5-3-6-10-25/h3-12,17,19,28-30H,13-16,18,20-24H2,1-2H3/t28-,29+,30-/m0/s1. The van der Waals surface area contributed by atoms with E-state index in [4.69, 9.17) is 4.74 Å². The van der Waals surface area contributed by atoms with Gasteiger partial charge in [-0.3, -0.25) is 19.1 Å². The molecule has 3 amide bonds. The molecule has 3 saturated heterocycles. The van der Waals surface area contributed by atoms with E-state index in [-0.39, 0.29) is 41.1 Å². The third-order valence-corrected chi connectivity index (χ3v) is 10.2. The van der Waals surface area contributed by atoms with E-state index in [0.29, 0.717) is 58.0 Å². The summed E-state index contributed by atoms with van der Waals surface area (Å²) in [7, 11) is 0. The molecule has 1 saturated carbocycles. The lowest BCUT2D eigenvalue weighted by Crippen LogP contribution is -2.65. The summed E-state index contributed by atoms with van der Waals surface area (Å²) in [6.07, 6.45) is 4.99. The molecular weight excluding hydrogens is 554 g/mol. The van der Waals surface area contributed by atoms with Crippen LogP contribution in [-0.4, -0.2) is 94.2 Å². The third-order valence-electron chi connectivity index (χ3n) is 10.2. The van der Waals surface area contributed by atoms with Gasteiger partial charge in [-0.2, -0.15) is 5.10 Å². The quantitative estimate of drug-likeness (QED) is 0.418. The summed E-state index contributed by atoms with van der Waals surface area (Å²) >= 11 is 0. The number of hydrogen-bond donors (Lipinski definition) is 0. The van der Waals surface area contributed by atoms with Crippen LogP contribution in [0.4, 0.5) is 0 Å². The first-order chi connectivity index (χ1) is 21.2. The Morgan fingerprint density at radius 2 is 1.48 bits per heavy atom. The molecule has 0 bridgehead atoms. The molecule has 3 aromatic rings. The van der Waals surface area contributed by atoms with Gasteiger partial charge in [-0.05, 0) is 23.0 Å². The van der Waals surface area contributed by atoms with Crippen molar-refractivity contribution in [3.05, 3.63) is 89.7 Å². The summed E-state index contributed by atoms with van der Waals surface area (Å²) in [6, 6.07) is 20.2. The number of morpholine rings is 1. The number of rotatable bonds is 7. The first kappa shape index (κ1) is 28.8. The second-order valence-corrected chi connectivity index (χ2v) is 13.9. The van der Waals surface area contributed by atoms with E-state index in [9.17, 15) is 14.4 Å². The zero-order valence-electron chi connectivity index (χ0n) is 25.6. The molecule has 9 nitrogen and oxygen atoms in total. The second-order valence-electron chi connectivity index (χ2n) is 13.9. The summed E-state index contributed by atoms with van der Waals surface area (Å²) in [5.41, 5.74) is 2.42. The predicted molar refractivity (Wildman–Crippen MR) is 165 cm³/mol. The lowest BCUT2D eigenvalue weighted by Gasteiger charge is -2.51. The Morgan fingerprint density at radius 3 is 2.16 bits per heavy atom. The average molecular weight is 596 g/mol. The molecule has 0 radical (unpaired) electrons. The van der Waals surface area contributed by atoms with Crippen LogP contribution in [0.25, 0.3) is 0 Å². The van der Waals surface area contributed by atoms with Gasteiger partial charge in [0.2, 0.25) is 11.8 Å². The summed E-state index contributed by atoms with van der Waals surface area (Å²) in [4.78, 5) is 47.0. The highest BCUT2D eigenvalue weighted by molar-refractivity contribution is 5.95. The van der Waals surface area contributed by atoms with E-state index in [1.165, 1.54) is 5.56 Å². The fourth-order valence-corrected chi connectivity index (χ4v) is 7.42. The van der Waals surface area contributed by atoms with E-state index in [1.807, 2.05) is 63.2 Å². The second kappa shape index (κ2) is 11.2. The number of nitrogens with zero attached hydrogens (tertiary/aromatic N) is 5. The molecule has 0 N–H and O–H groups in total. The van der Waals surface area contributed by atoms with Crippen molar-refractivity contribution >= 4 is 17.7 Å². The first-order valence-electron chi connectivity index (χ1n) is 15.8. The summed E-state index contributed by atoms with van der Waals surface area (Å²) in [5.74, 6) is -0.163. The minimum atomic E-state index is -0.436. The van der Waals surface area contributed by atoms with E-state index in [2.05, 4.69) is 31.1 Å². The minimum absolute atomic E-state index is 0.0498. The summed E-state index contributed by atoms with van der Waals surface area (Å²) in [6.45, 7) is 8.25. The monoisotopic (exact) mass is 595 g/mol. The fourth-order valence-electron chi connectivity index (χ4n) is 7.42. The molecule has 3 aliphatic heterocycles. The van der Waals surface area contributed by atoms with Crippen LogP contribution in [0.3, 0.4) is 0 Å². The number of aromatic nitrogens is 2. The van der Waals surface area contributed by atoms with E-state index < -0.39 is 5.41 Å². The van der Waals surface area contributed by atoms with E-state index in [0.717, 1.165) is 18.4 Å². The van der Waals surface area contributed by atoms with Crippen LogP contribution in [0.2, 0.25) is 0 Å². The number of carbonyl (C=O) groups excluding carboxylic acids is 3. The number of amides is 3. The molecular formula is C35H41N5O4. The van der Waals surface area contributed by atoms with Gasteiger partial charge in [0, 0.05) is 63.2 Å². The lowest BCUT2D eigenvalue weighted by molar-refractivity contribution is -0.158. The number of benzene rings is 2. The Hall–Kier alpha value is -3.98. The van der Waals surface area contributed by atoms with Gasteiger partial charge in [0.05, 0.1) is 36.9 Å². The van der Waals surface area contributed by atoms with Crippen LogP contribution in [0.1, 0.15) is 41.8 Å². The van der Waals surface area contributed by atoms with Gasteiger partial charge >= 0.3 is 0 Å². The molecule has 0 unspecified atom stereocenters. The van der Waals surface area contributed by atoms with Gasteiger partial charge in [-0.25, -0.2) is 0 Å². The van der Waals surface area contributed by atoms with Gasteiger partial charge in [0.15, 0.2) is 0 Å². The Balaban J connectivity index is 1.07. The van der Waals surface area contributed by atoms with Crippen molar-refractivity contribution in [1.82, 2.24) is 24.5 Å². The molecule has 9 heteroatoms. The first-order valence-corrected chi connectivity index (χ1v) is 15.8. The van der Waals surface area contributed by atoms with Gasteiger partial charge in [-0.15, -0.1) is 0 Å². The van der Waals surface area contributed by atoms with Crippen molar-refractivity contribution in [2.75, 3.05) is 45.9 Å². The van der Waals surface area contributed by atoms with Gasteiger partial charge in [0.1, 0.15) is 0 Å². The normalized spacial score (nSPS) is 25.1. The Kier molecular flexibility index (Phi) is 7.31. The predicted octanol–water partition coefficient (Wildman–Crippen LogP) is 3.35. The molecule has 4 aliphatic rings. The maximum absolute atomic E-state index is 14.3. The zero-order chi connectivity index (χ0) is 30.5. The summed E-state index contributed by atoms with van der Waals surface area (Å²) in [5, 5.41) is 4.45. The molecule has 44 heavy (non-hydrogen) atoms. The van der Waals surface area contributed by atoms with E-state index >= 15 is 0 Å². The zero-order valence-corrected chi connectivity index (χ0v) is 25.6. The summed E-state index contributed by atoms with van der Waals surface area (Å²) < 4.78 is 7.84. The number of likely N-dealkylation sites (tertiary alicyclic amines) is 2. The van der Waals surface area contributed by atoms with Crippen molar-refractivity contribution < 1.29 is 19.1 Å². The Morgan fingerprint density at radius 1 is 0.841 bits per heavy atom. The number of ether oxygens (including phenoxy) is 1. The van der Waals surface area contributed by atoms with Crippen LogP contribution in [0.15, 0.2) is 73.1 Å². The van der Waals surface area contributed by atoms with Crippen LogP contribution in [0.5, 0.6) is 0 Å². The number of carbonyl (C=O) groups is 3. The van der Waals surface area contributed by atoms with Crippen molar-refractivity contribution in [1.29, 1.82) is 0 Å². The van der Waals surface area contributed by atoms with Gasteiger partial charge < -0.3 is 19.4 Å². The maximum atomic E-state index is 14.3. The van der Waals surface area contributed by atoms with Crippen LogP contribution >= 0.6 is 0 Å². The molecule has 2 aromatic carbocycles. The Bertz CT molecular complexity index is 1530. The third kappa shape index (κ3) is 5.54. The van der Waals surface area contributed by atoms with Crippen molar-refractivity contribution in [2.24, 2.45) is 22.7 Å². The number of hydrogen-bond acceptors (Lipinski definition) is 5. The molecule has 230 valence electrons. The molecule has 4 fully saturated rings. The minimum Gasteiger partial charge on any atom is -0.374 e. The van der Waals surface area contributed by atoms with Crippen molar-refractivity contribution in [2.45, 2.75) is 39.3 Å². The maximum Gasteiger partial charge on any atom is 0.257 e. The molecule has 7 rings (SSSR count). The SMILES string of the molecule is CC1(C)C[C@@H]1C(=O)N1CC2(CN(C(=O)c3cnn(Cc4ccccc4)c3)C[C@H]2C(=O)N2CCO[C@@H](Cc3ccccc3)C2)C1.